The Hall–Kier alpha value is -1.50. The largest absolute Gasteiger partial charge is 4.00 e. The fraction of sp³-hybridized carbons (Fsp3) is 0.500. The Morgan fingerprint density at radius 1 is 0.594 bits per heavy atom. The second-order valence-corrected chi connectivity index (χ2v) is 7.61. The standard InChI is InChI=1S/C20H25N2.3C2H6N.Ti/c1-12-8-14(3)19(15(4)9-12)21-18(7)22-20-16(5)10-13(2)11-17(20)6;3*1-3-2;/h8-11H,1-7H3;3*1-2H3;/q4*-1;+4. The van der Waals surface area contributed by atoms with Gasteiger partial charge in [0.25, 0.3) is 0 Å². The number of nitrogens with zero attached hydrogens (tertiary/aromatic N) is 5. The summed E-state index contributed by atoms with van der Waals surface area (Å²) in [6.07, 6.45) is 0. The van der Waals surface area contributed by atoms with Crippen molar-refractivity contribution in [1.29, 1.82) is 0 Å². The number of aliphatic imine (C=N–C) groups is 1. The Kier molecular flexibility index (Phi) is 22.1. The van der Waals surface area contributed by atoms with Gasteiger partial charge in [0.1, 0.15) is 0 Å². The van der Waals surface area contributed by atoms with E-state index in [9.17, 15) is 0 Å². The average Bonchev–Trinajstić information content (AvgIpc) is 2.63. The monoisotopic (exact) mass is 473 g/mol. The molecule has 176 valence electrons. The summed E-state index contributed by atoms with van der Waals surface area (Å²) >= 11 is 0. The summed E-state index contributed by atoms with van der Waals surface area (Å²) in [6.45, 7) is 14.6. The van der Waals surface area contributed by atoms with Crippen molar-refractivity contribution in [3.8, 4) is 0 Å². The second-order valence-electron chi connectivity index (χ2n) is 7.61. The smallest absolute Gasteiger partial charge is 0.668 e. The van der Waals surface area contributed by atoms with Crippen molar-refractivity contribution in [1.82, 2.24) is 0 Å². The van der Waals surface area contributed by atoms with Gasteiger partial charge in [0.05, 0.1) is 0 Å². The van der Waals surface area contributed by atoms with Crippen LogP contribution in [0.4, 0.5) is 11.4 Å². The predicted molar refractivity (Wildman–Crippen MR) is 143 cm³/mol. The fourth-order valence-electron chi connectivity index (χ4n) is 3.05. The molecule has 0 bridgehead atoms. The van der Waals surface area contributed by atoms with Gasteiger partial charge in [-0.25, -0.2) is 0 Å². The van der Waals surface area contributed by atoms with Gasteiger partial charge in [0.2, 0.25) is 0 Å². The number of hydrogen-bond donors (Lipinski definition) is 0. The molecule has 5 nitrogen and oxygen atoms in total. The SMILES string of the molecule is CC(=Nc1c(C)cc(C)cc1C)[N-]c1c(C)cc(C)cc1C.C[N-]C.C[N-]C.C[N-]C.[Ti+4]. The van der Waals surface area contributed by atoms with Crippen molar-refractivity contribution in [2.75, 3.05) is 42.3 Å². The molecule has 0 saturated heterocycles. The van der Waals surface area contributed by atoms with Crippen molar-refractivity contribution in [3.05, 3.63) is 78.9 Å². The quantitative estimate of drug-likeness (QED) is 0.240. The van der Waals surface area contributed by atoms with Gasteiger partial charge in [-0.15, -0.1) is 0 Å². The molecule has 32 heavy (non-hydrogen) atoms. The maximum atomic E-state index is 4.75. The van der Waals surface area contributed by atoms with Gasteiger partial charge in [0, 0.05) is 0 Å². The van der Waals surface area contributed by atoms with Crippen molar-refractivity contribution in [2.24, 2.45) is 4.99 Å². The summed E-state index contributed by atoms with van der Waals surface area (Å²) in [6, 6.07) is 8.67. The van der Waals surface area contributed by atoms with Crippen LogP contribution in [-0.4, -0.2) is 48.1 Å². The molecule has 0 aliphatic carbocycles. The average molecular weight is 474 g/mol. The van der Waals surface area contributed by atoms with Gasteiger partial charge in [-0.2, -0.15) is 42.3 Å². The molecule has 0 N–H and O–H groups in total. The van der Waals surface area contributed by atoms with Gasteiger partial charge in [-0.05, 0) is 82.1 Å². The molecule has 0 aliphatic heterocycles. The van der Waals surface area contributed by atoms with Crippen LogP contribution in [0.2, 0.25) is 0 Å². The molecule has 0 spiro atoms. The summed E-state index contributed by atoms with van der Waals surface area (Å²) in [5.41, 5.74) is 9.41. The minimum absolute atomic E-state index is 0. The van der Waals surface area contributed by atoms with E-state index in [2.05, 4.69) is 81.8 Å². The van der Waals surface area contributed by atoms with Crippen molar-refractivity contribution >= 4 is 17.2 Å². The molecule has 0 amide bonds. The number of benzene rings is 2. The number of aryl methyl sites for hydroxylation is 6. The van der Waals surface area contributed by atoms with Crippen LogP contribution >= 0.6 is 0 Å². The maximum Gasteiger partial charge on any atom is 4.00 e. The maximum absolute atomic E-state index is 4.75. The first kappa shape index (κ1) is 35.1. The van der Waals surface area contributed by atoms with Crippen molar-refractivity contribution in [3.63, 3.8) is 0 Å². The van der Waals surface area contributed by atoms with Crippen LogP contribution in [0, 0.1) is 41.5 Å². The zero-order chi connectivity index (χ0) is 24.6. The van der Waals surface area contributed by atoms with E-state index in [4.69, 9.17) is 10.3 Å². The molecule has 0 radical (unpaired) electrons. The third-order valence-electron chi connectivity index (χ3n) is 3.82. The topological polar surface area (TPSA) is 68.8 Å². The van der Waals surface area contributed by atoms with Gasteiger partial charge < -0.3 is 26.3 Å². The van der Waals surface area contributed by atoms with Crippen LogP contribution < -0.4 is 0 Å². The summed E-state index contributed by atoms with van der Waals surface area (Å²) in [5.74, 6) is 0.796. The summed E-state index contributed by atoms with van der Waals surface area (Å²) < 4.78 is 0. The zero-order valence-corrected chi connectivity index (χ0v) is 24.1. The molecular weight excluding hydrogens is 430 g/mol. The Labute approximate surface area is 213 Å². The van der Waals surface area contributed by atoms with E-state index in [0.29, 0.717) is 0 Å². The summed E-state index contributed by atoms with van der Waals surface area (Å²) in [4.78, 5) is 4.75. The van der Waals surface area contributed by atoms with E-state index in [1.807, 2.05) is 6.92 Å². The first-order valence-electron chi connectivity index (χ1n) is 10.4. The van der Waals surface area contributed by atoms with Gasteiger partial charge in [0.15, 0.2) is 0 Å². The van der Waals surface area contributed by atoms with Gasteiger partial charge >= 0.3 is 21.7 Å². The van der Waals surface area contributed by atoms with Crippen molar-refractivity contribution in [2.45, 2.75) is 48.5 Å². The van der Waals surface area contributed by atoms with E-state index >= 15 is 0 Å². The molecule has 0 aromatic heterocycles. The zero-order valence-electron chi connectivity index (χ0n) is 22.5. The third-order valence-corrected chi connectivity index (χ3v) is 3.82. The molecule has 0 heterocycles. The van der Waals surface area contributed by atoms with Crippen LogP contribution in [-0.2, 0) is 21.7 Å². The van der Waals surface area contributed by atoms with E-state index < -0.39 is 0 Å². The first-order valence-corrected chi connectivity index (χ1v) is 10.4. The Morgan fingerprint density at radius 2 is 0.875 bits per heavy atom. The van der Waals surface area contributed by atoms with E-state index in [1.165, 1.54) is 33.4 Å². The Balaban J connectivity index is -0.000000727. The fourth-order valence-corrected chi connectivity index (χ4v) is 3.05. The number of amidine groups is 1. The molecule has 0 atom stereocenters. The molecule has 0 fully saturated rings. The molecule has 2 aromatic rings. The molecule has 0 saturated carbocycles. The molecular formula is C26H43N5Ti. The molecule has 0 unspecified atom stereocenters. The number of hydrogen-bond acceptors (Lipinski definition) is 1. The first-order chi connectivity index (χ1) is 14.5. The molecule has 2 rings (SSSR count). The van der Waals surface area contributed by atoms with Gasteiger partial charge in [-0.3, -0.25) is 0 Å². The summed E-state index contributed by atoms with van der Waals surface area (Å²) in [7, 11) is 10.5. The molecule has 2 aromatic carbocycles. The van der Waals surface area contributed by atoms with Crippen LogP contribution in [0.1, 0.15) is 40.3 Å². The predicted octanol–water partition coefficient (Wildman–Crippen LogP) is 8.15. The third kappa shape index (κ3) is 14.5. The van der Waals surface area contributed by atoms with E-state index in [1.54, 1.807) is 42.3 Å². The van der Waals surface area contributed by atoms with Crippen LogP contribution in [0.3, 0.4) is 0 Å². The van der Waals surface area contributed by atoms with Crippen LogP contribution in [0.25, 0.3) is 21.3 Å². The van der Waals surface area contributed by atoms with Crippen LogP contribution in [0.5, 0.6) is 0 Å². The van der Waals surface area contributed by atoms with E-state index in [-0.39, 0.29) is 21.7 Å². The van der Waals surface area contributed by atoms with Crippen molar-refractivity contribution < 1.29 is 21.7 Å². The van der Waals surface area contributed by atoms with Gasteiger partial charge in [-0.1, -0.05) is 41.2 Å². The normalized spacial score (nSPS) is 9.72. The Bertz CT molecular complexity index is 750. The second kappa shape index (κ2) is 20.1. The molecule has 0 aliphatic rings. The van der Waals surface area contributed by atoms with E-state index in [0.717, 1.165) is 17.2 Å². The minimum atomic E-state index is 0. The number of rotatable bonds is 2. The Morgan fingerprint density at radius 3 is 1.19 bits per heavy atom. The van der Waals surface area contributed by atoms with Crippen LogP contribution in [0.15, 0.2) is 29.3 Å². The molecule has 6 heteroatoms. The summed E-state index contributed by atoms with van der Waals surface area (Å²) in [5, 5.41) is 15.2. The minimum Gasteiger partial charge on any atom is -0.668 e.